The van der Waals surface area contributed by atoms with E-state index in [9.17, 15) is 10.3 Å². The molecule has 174 valence electrons. The van der Waals surface area contributed by atoms with Crippen LogP contribution in [0.5, 0.6) is 0 Å². The lowest BCUT2D eigenvalue weighted by Gasteiger charge is -2.57. The number of hydrogen-bond donors (Lipinski definition) is 2. The van der Waals surface area contributed by atoms with Crippen molar-refractivity contribution >= 4 is 5.71 Å². The van der Waals surface area contributed by atoms with Gasteiger partial charge in [-0.05, 0) is 99.2 Å². The second kappa shape index (κ2) is 9.51. The maximum absolute atomic E-state index is 9.94. The van der Waals surface area contributed by atoms with Crippen LogP contribution in [0.1, 0.15) is 112 Å². The van der Waals surface area contributed by atoms with Gasteiger partial charge in [0.1, 0.15) is 0 Å². The molecule has 3 rings (SSSR count). The van der Waals surface area contributed by atoms with Crippen molar-refractivity contribution in [1.82, 2.24) is 0 Å². The molecular weight excluding hydrogens is 370 g/mol. The largest absolute Gasteiger partial charge is 0.411 e. The molecule has 0 aromatic carbocycles. The Balaban J connectivity index is 1.75. The lowest BCUT2D eigenvalue weighted by atomic mass is 9.47. The normalized spacial score (nSPS) is 42.2. The van der Waals surface area contributed by atoms with Crippen molar-refractivity contribution in [3.8, 4) is 0 Å². The molecular formula is C27H49NO2. The Kier molecular flexibility index (Phi) is 7.63. The van der Waals surface area contributed by atoms with Crippen molar-refractivity contribution in [1.29, 1.82) is 0 Å². The van der Waals surface area contributed by atoms with E-state index in [0.717, 1.165) is 54.6 Å². The molecule has 1 unspecified atom stereocenters. The summed E-state index contributed by atoms with van der Waals surface area (Å²) >= 11 is 0. The Morgan fingerprint density at radius 3 is 2.33 bits per heavy atom. The third-order valence-corrected chi connectivity index (χ3v) is 10.0. The summed E-state index contributed by atoms with van der Waals surface area (Å²) in [5.74, 6) is 4.76. The lowest BCUT2D eigenvalue weighted by molar-refractivity contribution is -0.0469. The van der Waals surface area contributed by atoms with Gasteiger partial charge in [-0.25, -0.2) is 0 Å². The second-order valence-electron chi connectivity index (χ2n) is 12.3. The highest BCUT2D eigenvalue weighted by Gasteiger charge is 2.59. The second-order valence-corrected chi connectivity index (χ2v) is 12.3. The van der Waals surface area contributed by atoms with Crippen molar-refractivity contribution in [3.05, 3.63) is 0 Å². The Labute approximate surface area is 186 Å². The van der Waals surface area contributed by atoms with Gasteiger partial charge in [0, 0.05) is 5.41 Å². The van der Waals surface area contributed by atoms with Gasteiger partial charge >= 0.3 is 0 Å². The lowest BCUT2D eigenvalue weighted by Crippen LogP contribution is -2.52. The zero-order valence-corrected chi connectivity index (χ0v) is 20.7. The number of aliphatic hydroxyl groups excluding tert-OH is 1. The van der Waals surface area contributed by atoms with E-state index >= 15 is 0 Å². The van der Waals surface area contributed by atoms with Gasteiger partial charge in [0.15, 0.2) is 0 Å². The summed E-state index contributed by atoms with van der Waals surface area (Å²) in [6, 6.07) is 0. The summed E-state index contributed by atoms with van der Waals surface area (Å²) in [6.07, 6.45) is 13.2. The predicted molar refractivity (Wildman–Crippen MR) is 126 cm³/mol. The minimum Gasteiger partial charge on any atom is -0.411 e. The standard InChI is InChI=1S/C27H49NO2/c1-18(2)8-7-9-19(3)22-11-12-23-21-10-13-25(28-30)27(6,16-14-20(4)29)24(21)15-17-26(22,23)5/h18-24,29-30H,7-17H2,1-6H3/t19-,20?,21+,22-,23+,24+,26-,27-/m1/s1. The Morgan fingerprint density at radius 1 is 0.967 bits per heavy atom. The van der Waals surface area contributed by atoms with Crippen molar-refractivity contribution in [2.45, 2.75) is 118 Å². The highest BCUT2D eigenvalue weighted by Crippen LogP contribution is 2.66. The highest BCUT2D eigenvalue weighted by molar-refractivity contribution is 5.90. The summed E-state index contributed by atoms with van der Waals surface area (Å²) in [7, 11) is 0. The van der Waals surface area contributed by atoms with Gasteiger partial charge in [0.05, 0.1) is 11.8 Å². The molecule has 0 aliphatic heterocycles. The number of hydrogen-bond acceptors (Lipinski definition) is 3. The van der Waals surface area contributed by atoms with Crippen LogP contribution >= 0.6 is 0 Å². The molecule has 3 saturated carbocycles. The van der Waals surface area contributed by atoms with Crippen LogP contribution in [-0.4, -0.2) is 22.1 Å². The van der Waals surface area contributed by atoms with Gasteiger partial charge in [0.2, 0.25) is 0 Å². The number of aliphatic hydroxyl groups is 1. The van der Waals surface area contributed by atoms with Crippen LogP contribution in [0.2, 0.25) is 0 Å². The summed E-state index contributed by atoms with van der Waals surface area (Å²) in [5.41, 5.74) is 1.46. The molecule has 0 bridgehead atoms. The SMILES string of the molecule is CC(C)CCC[C@@H](C)[C@H]1CC[C@H]2[C@@H]3CCC(=NO)[C@](C)(CCC(C)O)[C@H]3CC[C@]12C. The van der Waals surface area contributed by atoms with Crippen LogP contribution in [0.3, 0.4) is 0 Å². The molecule has 3 aliphatic rings. The Bertz CT molecular complexity index is 600. The first-order chi connectivity index (χ1) is 14.1. The molecule has 2 N–H and O–H groups in total. The van der Waals surface area contributed by atoms with Crippen LogP contribution in [0, 0.1) is 46.3 Å². The van der Waals surface area contributed by atoms with Crippen LogP contribution < -0.4 is 0 Å². The molecule has 3 fully saturated rings. The topological polar surface area (TPSA) is 52.8 Å². The quantitative estimate of drug-likeness (QED) is 0.320. The molecule has 0 spiro atoms. The Hall–Kier alpha value is -0.570. The summed E-state index contributed by atoms with van der Waals surface area (Å²) in [4.78, 5) is 0. The fourth-order valence-corrected chi connectivity index (χ4v) is 8.31. The zero-order chi connectivity index (χ0) is 22.1. The van der Waals surface area contributed by atoms with Crippen LogP contribution in [0.4, 0.5) is 0 Å². The molecule has 8 atom stereocenters. The van der Waals surface area contributed by atoms with E-state index < -0.39 is 0 Å². The molecule has 3 heteroatoms. The monoisotopic (exact) mass is 419 g/mol. The molecule has 0 aromatic rings. The fraction of sp³-hybridized carbons (Fsp3) is 0.963. The molecule has 30 heavy (non-hydrogen) atoms. The molecule has 0 saturated heterocycles. The average molecular weight is 420 g/mol. The van der Waals surface area contributed by atoms with E-state index in [4.69, 9.17) is 0 Å². The maximum atomic E-state index is 9.94. The van der Waals surface area contributed by atoms with Crippen molar-refractivity contribution in [3.63, 3.8) is 0 Å². The minimum atomic E-state index is -0.279. The van der Waals surface area contributed by atoms with Gasteiger partial charge in [-0.3, -0.25) is 0 Å². The fourth-order valence-electron chi connectivity index (χ4n) is 8.31. The summed E-state index contributed by atoms with van der Waals surface area (Å²) in [5, 5.41) is 23.5. The van der Waals surface area contributed by atoms with E-state index in [1.807, 2.05) is 6.92 Å². The van der Waals surface area contributed by atoms with E-state index in [-0.39, 0.29) is 11.5 Å². The van der Waals surface area contributed by atoms with Gasteiger partial charge in [-0.1, -0.05) is 59.0 Å². The number of fused-ring (bicyclic) bond motifs is 3. The molecule has 0 amide bonds. The predicted octanol–water partition coefficient (Wildman–Crippen LogP) is 7.30. The van der Waals surface area contributed by atoms with E-state index in [1.54, 1.807) is 0 Å². The molecule has 3 nitrogen and oxygen atoms in total. The molecule has 0 heterocycles. The third-order valence-electron chi connectivity index (χ3n) is 10.0. The molecule has 0 aromatic heterocycles. The van der Waals surface area contributed by atoms with Crippen molar-refractivity contribution in [2.24, 2.45) is 51.5 Å². The van der Waals surface area contributed by atoms with Gasteiger partial charge in [-0.2, -0.15) is 0 Å². The first-order valence-corrected chi connectivity index (χ1v) is 13.0. The van der Waals surface area contributed by atoms with Crippen molar-refractivity contribution < 1.29 is 10.3 Å². The van der Waals surface area contributed by atoms with Crippen LogP contribution in [0.25, 0.3) is 0 Å². The highest BCUT2D eigenvalue weighted by atomic mass is 16.4. The average Bonchev–Trinajstić information content (AvgIpc) is 3.04. The summed E-state index contributed by atoms with van der Waals surface area (Å²) < 4.78 is 0. The van der Waals surface area contributed by atoms with Gasteiger partial charge in [-0.15, -0.1) is 0 Å². The molecule has 0 radical (unpaired) electrons. The van der Waals surface area contributed by atoms with Crippen molar-refractivity contribution in [2.75, 3.05) is 0 Å². The van der Waals surface area contributed by atoms with E-state index in [1.165, 1.54) is 51.4 Å². The number of rotatable bonds is 8. The van der Waals surface area contributed by atoms with Gasteiger partial charge in [0.25, 0.3) is 0 Å². The van der Waals surface area contributed by atoms with Crippen LogP contribution in [-0.2, 0) is 0 Å². The maximum Gasteiger partial charge on any atom is 0.0632 e. The third kappa shape index (κ3) is 4.48. The van der Waals surface area contributed by atoms with E-state index in [0.29, 0.717) is 11.3 Å². The first kappa shape index (κ1) is 24.1. The number of oxime groups is 1. The zero-order valence-electron chi connectivity index (χ0n) is 20.7. The molecule has 3 aliphatic carbocycles. The smallest absolute Gasteiger partial charge is 0.0632 e. The number of nitrogens with zero attached hydrogens (tertiary/aromatic N) is 1. The summed E-state index contributed by atoms with van der Waals surface area (Å²) in [6.45, 7) is 14.1. The van der Waals surface area contributed by atoms with Gasteiger partial charge < -0.3 is 10.3 Å². The first-order valence-electron chi connectivity index (χ1n) is 13.0. The Morgan fingerprint density at radius 2 is 1.70 bits per heavy atom. The van der Waals surface area contributed by atoms with E-state index in [2.05, 4.69) is 39.8 Å². The van der Waals surface area contributed by atoms with Crippen LogP contribution in [0.15, 0.2) is 5.16 Å². The minimum absolute atomic E-state index is 0.0447.